The van der Waals surface area contributed by atoms with E-state index in [-0.39, 0.29) is 11.6 Å². The van der Waals surface area contributed by atoms with E-state index in [4.69, 9.17) is 9.72 Å². The molecular formula is C23H26N4O4S. The lowest BCUT2D eigenvalue weighted by Crippen LogP contribution is -2.32. The average Bonchev–Trinajstić information content (AvgIpc) is 3.21. The number of hydrogen-bond acceptors (Lipinski definition) is 7. The smallest absolute Gasteiger partial charge is 0.270 e. The highest BCUT2D eigenvalue weighted by Crippen LogP contribution is 2.36. The van der Waals surface area contributed by atoms with Crippen LogP contribution in [0.3, 0.4) is 0 Å². The lowest BCUT2D eigenvalue weighted by Gasteiger charge is -2.19. The van der Waals surface area contributed by atoms with Crippen molar-refractivity contribution >= 4 is 44.4 Å². The number of fused-ring (bicyclic) bond motifs is 1. The molecule has 1 aromatic heterocycles. The van der Waals surface area contributed by atoms with Crippen molar-refractivity contribution in [3.63, 3.8) is 0 Å². The van der Waals surface area contributed by atoms with Gasteiger partial charge in [-0.3, -0.25) is 19.8 Å². The number of benzene rings is 2. The molecule has 0 saturated heterocycles. The molecule has 0 aliphatic heterocycles. The molecule has 0 N–H and O–H groups in total. The van der Waals surface area contributed by atoms with Gasteiger partial charge in [0, 0.05) is 24.8 Å². The fourth-order valence-electron chi connectivity index (χ4n) is 3.22. The summed E-state index contributed by atoms with van der Waals surface area (Å²) in [4.78, 5) is 32.1. The minimum atomic E-state index is -0.455. The number of hydrogen-bond donors (Lipinski definition) is 0. The van der Waals surface area contributed by atoms with Gasteiger partial charge in [-0.15, -0.1) is 0 Å². The first-order valence-corrected chi connectivity index (χ1v) is 10.9. The molecule has 9 heteroatoms. The largest absolute Gasteiger partial charge is 0.494 e. The van der Waals surface area contributed by atoms with Crippen LogP contribution in [0.15, 0.2) is 42.5 Å². The van der Waals surface area contributed by atoms with E-state index < -0.39 is 4.92 Å². The van der Waals surface area contributed by atoms with Crippen molar-refractivity contribution in [3.8, 4) is 5.75 Å². The topological polar surface area (TPSA) is 88.8 Å². The summed E-state index contributed by atoms with van der Waals surface area (Å²) in [6, 6.07) is 10.0. The van der Waals surface area contributed by atoms with Crippen molar-refractivity contribution < 1.29 is 14.5 Å². The highest BCUT2D eigenvalue weighted by atomic mass is 32.1. The fraction of sp³-hybridized carbons (Fsp3) is 0.304. The maximum Gasteiger partial charge on any atom is 0.270 e. The number of nitro benzene ring substituents is 1. The molecule has 8 nitrogen and oxygen atoms in total. The van der Waals surface area contributed by atoms with E-state index in [1.54, 1.807) is 30.2 Å². The summed E-state index contributed by atoms with van der Waals surface area (Å²) >= 11 is 1.45. The number of ether oxygens (including phenoxy) is 1. The number of amides is 1. The molecule has 0 aliphatic rings. The molecule has 0 spiro atoms. The van der Waals surface area contributed by atoms with Crippen LogP contribution in [0.2, 0.25) is 0 Å². The first kappa shape index (κ1) is 23.4. The third-order valence-corrected chi connectivity index (χ3v) is 6.11. The number of nitro groups is 1. The number of nitrogens with zero attached hydrogens (tertiary/aromatic N) is 4. The molecule has 0 saturated carbocycles. The quantitative estimate of drug-likeness (QED) is 0.268. The zero-order valence-electron chi connectivity index (χ0n) is 18.6. The van der Waals surface area contributed by atoms with Gasteiger partial charge in [-0.1, -0.05) is 29.5 Å². The SMILES string of the molecule is COc1ccc(C)c2sc(N(CCCN(C)C)C(=O)/C=C/c3cccc([N+](=O)[O-])c3)nc12. The number of rotatable bonds is 9. The van der Waals surface area contributed by atoms with Crippen LogP contribution in [0, 0.1) is 17.0 Å². The molecule has 2 aromatic carbocycles. The van der Waals surface area contributed by atoms with E-state index in [2.05, 4.69) is 4.90 Å². The molecule has 32 heavy (non-hydrogen) atoms. The van der Waals surface area contributed by atoms with E-state index in [0.29, 0.717) is 23.0 Å². The Kier molecular flexibility index (Phi) is 7.55. The number of methoxy groups -OCH3 is 1. The third-order valence-electron chi connectivity index (χ3n) is 4.90. The van der Waals surface area contributed by atoms with Crippen molar-refractivity contribution in [3.05, 3.63) is 63.7 Å². The molecule has 0 fully saturated rings. The Balaban J connectivity index is 1.92. The number of carbonyl (C=O) groups excluding carboxylic acids is 1. The molecule has 0 aliphatic carbocycles. The summed E-state index contributed by atoms with van der Waals surface area (Å²) in [7, 11) is 5.57. The van der Waals surface area contributed by atoms with Crippen LogP contribution in [0.25, 0.3) is 16.3 Å². The van der Waals surface area contributed by atoms with Gasteiger partial charge < -0.3 is 9.64 Å². The Morgan fingerprint density at radius 2 is 2.03 bits per heavy atom. The van der Waals surface area contributed by atoms with Crippen molar-refractivity contribution in [1.82, 2.24) is 9.88 Å². The molecule has 0 radical (unpaired) electrons. The summed E-state index contributed by atoms with van der Waals surface area (Å²) < 4.78 is 6.43. The van der Waals surface area contributed by atoms with Gasteiger partial charge in [0.05, 0.1) is 16.7 Å². The summed E-state index contributed by atoms with van der Waals surface area (Å²) in [6.07, 6.45) is 3.80. The van der Waals surface area contributed by atoms with E-state index >= 15 is 0 Å². The molecular weight excluding hydrogens is 428 g/mol. The maximum atomic E-state index is 13.2. The summed E-state index contributed by atoms with van der Waals surface area (Å²) in [5, 5.41) is 11.6. The third kappa shape index (κ3) is 5.49. The fourth-order valence-corrected chi connectivity index (χ4v) is 4.31. The predicted molar refractivity (Wildman–Crippen MR) is 129 cm³/mol. The molecule has 1 heterocycles. The van der Waals surface area contributed by atoms with E-state index in [1.165, 1.54) is 29.5 Å². The first-order valence-electron chi connectivity index (χ1n) is 10.1. The van der Waals surface area contributed by atoms with Crippen molar-refractivity contribution in [2.75, 3.05) is 39.2 Å². The summed E-state index contributed by atoms with van der Waals surface area (Å²) in [6.45, 7) is 3.33. The number of aromatic nitrogens is 1. The van der Waals surface area contributed by atoms with Crippen LogP contribution in [0.5, 0.6) is 5.75 Å². The van der Waals surface area contributed by atoms with E-state index in [1.807, 2.05) is 33.2 Å². The number of non-ortho nitro benzene ring substituents is 1. The number of aryl methyl sites for hydroxylation is 1. The Morgan fingerprint density at radius 1 is 1.25 bits per heavy atom. The Morgan fingerprint density at radius 3 is 2.72 bits per heavy atom. The van der Waals surface area contributed by atoms with Gasteiger partial charge in [-0.2, -0.15) is 0 Å². The molecule has 0 atom stereocenters. The number of anilines is 1. The van der Waals surface area contributed by atoms with Gasteiger partial charge in [0.25, 0.3) is 11.6 Å². The molecule has 0 unspecified atom stereocenters. The Bertz CT molecular complexity index is 1160. The second kappa shape index (κ2) is 10.3. The molecule has 168 valence electrons. The molecule has 3 aromatic rings. The van der Waals surface area contributed by atoms with Crippen LogP contribution in [-0.2, 0) is 4.79 Å². The van der Waals surface area contributed by atoms with Gasteiger partial charge in [-0.05, 0) is 57.3 Å². The van der Waals surface area contributed by atoms with Crippen LogP contribution in [-0.4, -0.2) is 55.0 Å². The van der Waals surface area contributed by atoms with Gasteiger partial charge in [0.2, 0.25) is 0 Å². The lowest BCUT2D eigenvalue weighted by atomic mass is 10.2. The van der Waals surface area contributed by atoms with Crippen LogP contribution >= 0.6 is 11.3 Å². The van der Waals surface area contributed by atoms with Crippen LogP contribution in [0.1, 0.15) is 17.5 Å². The predicted octanol–water partition coefficient (Wildman–Crippen LogP) is 4.52. The van der Waals surface area contributed by atoms with Crippen molar-refractivity contribution in [1.29, 1.82) is 0 Å². The van der Waals surface area contributed by atoms with Crippen LogP contribution in [0.4, 0.5) is 10.8 Å². The first-order chi connectivity index (χ1) is 15.3. The molecule has 0 bridgehead atoms. The minimum Gasteiger partial charge on any atom is -0.494 e. The van der Waals surface area contributed by atoms with E-state index in [9.17, 15) is 14.9 Å². The zero-order chi connectivity index (χ0) is 23.3. The average molecular weight is 455 g/mol. The highest BCUT2D eigenvalue weighted by molar-refractivity contribution is 7.22. The number of carbonyl (C=O) groups is 1. The monoisotopic (exact) mass is 454 g/mol. The molecule has 3 rings (SSSR count). The Labute approximate surface area is 190 Å². The van der Waals surface area contributed by atoms with Crippen molar-refractivity contribution in [2.45, 2.75) is 13.3 Å². The van der Waals surface area contributed by atoms with E-state index in [0.717, 1.165) is 28.7 Å². The molecule has 1 amide bonds. The normalized spacial score (nSPS) is 11.4. The van der Waals surface area contributed by atoms with Crippen molar-refractivity contribution in [2.24, 2.45) is 0 Å². The standard InChI is InChI=1S/C23H26N4O4S/c1-16-9-11-19(31-4)21-22(16)32-23(24-21)26(14-6-13-25(2)3)20(28)12-10-17-7-5-8-18(15-17)27(29)30/h5,7-12,15H,6,13-14H2,1-4H3/b12-10+. The summed E-state index contributed by atoms with van der Waals surface area (Å²) in [5.74, 6) is 0.437. The minimum absolute atomic E-state index is 0.0174. The van der Waals surface area contributed by atoms with Crippen LogP contribution < -0.4 is 9.64 Å². The van der Waals surface area contributed by atoms with Gasteiger partial charge >= 0.3 is 0 Å². The second-order valence-corrected chi connectivity index (χ2v) is 8.57. The highest BCUT2D eigenvalue weighted by Gasteiger charge is 2.20. The zero-order valence-corrected chi connectivity index (χ0v) is 19.4. The van der Waals surface area contributed by atoms with Gasteiger partial charge in [0.1, 0.15) is 11.3 Å². The maximum absolute atomic E-state index is 13.2. The number of thiazole rings is 1. The van der Waals surface area contributed by atoms with Gasteiger partial charge in [-0.25, -0.2) is 4.98 Å². The summed E-state index contributed by atoms with van der Waals surface area (Å²) in [5.41, 5.74) is 2.37. The Hall–Kier alpha value is -3.30. The van der Waals surface area contributed by atoms with Gasteiger partial charge in [0.15, 0.2) is 5.13 Å². The second-order valence-electron chi connectivity index (χ2n) is 7.59. The lowest BCUT2D eigenvalue weighted by molar-refractivity contribution is -0.384.